The Morgan fingerprint density at radius 3 is 2.75 bits per heavy atom. The van der Waals surface area contributed by atoms with Gasteiger partial charge in [0.2, 0.25) is 0 Å². The number of halogens is 1. The molecule has 4 heteroatoms. The van der Waals surface area contributed by atoms with Crippen molar-refractivity contribution in [2.24, 2.45) is 5.92 Å². The van der Waals surface area contributed by atoms with Gasteiger partial charge < -0.3 is 9.84 Å². The van der Waals surface area contributed by atoms with Crippen LogP contribution < -0.4 is 0 Å². The van der Waals surface area contributed by atoms with Crippen LogP contribution in [0.3, 0.4) is 0 Å². The van der Waals surface area contributed by atoms with Crippen molar-refractivity contribution in [3.63, 3.8) is 0 Å². The van der Waals surface area contributed by atoms with E-state index in [1.165, 1.54) is 18.6 Å². The minimum atomic E-state index is -0.300. The molecular formula is C16H21FO2S. The van der Waals surface area contributed by atoms with Crippen molar-refractivity contribution in [2.75, 3.05) is 12.4 Å². The topological polar surface area (TPSA) is 29.5 Å². The third-order valence-corrected chi connectivity index (χ3v) is 5.69. The van der Waals surface area contributed by atoms with Gasteiger partial charge in [0.15, 0.2) is 0 Å². The summed E-state index contributed by atoms with van der Waals surface area (Å²) in [5.41, 5.74) is 0.0877. The van der Waals surface area contributed by atoms with Crippen molar-refractivity contribution in [1.82, 2.24) is 0 Å². The number of benzene rings is 1. The molecule has 0 bridgehead atoms. The zero-order chi connectivity index (χ0) is 14.0. The van der Waals surface area contributed by atoms with Crippen LogP contribution in [0.1, 0.15) is 32.1 Å². The lowest BCUT2D eigenvalue weighted by atomic mass is 9.71. The summed E-state index contributed by atoms with van der Waals surface area (Å²) in [5, 5.41) is 10.4. The van der Waals surface area contributed by atoms with Crippen LogP contribution in [0, 0.1) is 11.7 Å². The molecule has 2 fully saturated rings. The summed E-state index contributed by atoms with van der Waals surface area (Å²) in [6, 6.07) is 6.47. The number of hydrogen-bond acceptors (Lipinski definition) is 3. The molecule has 1 aliphatic heterocycles. The van der Waals surface area contributed by atoms with E-state index in [4.69, 9.17) is 4.74 Å². The normalized spacial score (nSPS) is 26.2. The second-order valence-corrected chi connectivity index (χ2v) is 7.06. The third kappa shape index (κ3) is 3.18. The summed E-state index contributed by atoms with van der Waals surface area (Å²) in [6.07, 6.45) is 5.22. The number of thioether (sulfide) groups is 1. The number of aliphatic hydroxyl groups is 1. The van der Waals surface area contributed by atoms with Crippen LogP contribution in [-0.4, -0.2) is 29.2 Å². The first-order valence-corrected chi connectivity index (χ1v) is 8.36. The van der Waals surface area contributed by atoms with Crippen molar-refractivity contribution < 1.29 is 14.2 Å². The van der Waals surface area contributed by atoms with E-state index in [1.807, 2.05) is 0 Å². The van der Waals surface area contributed by atoms with Crippen LogP contribution in [0.15, 0.2) is 29.2 Å². The molecule has 2 atom stereocenters. The minimum Gasteiger partial charge on any atom is -0.392 e. The van der Waals surface area contributed by atoms with E-state index in [0.29, 0.717) is 11.7 Å². The quantitative estimate of drug-likeness (QED) is 0.860. The summed E-state index contributed by atoms with van der Waals surface area (Å²) in [4.78, 5) is 1.01. The molecule has 1 aromatic rings. The number of hydrogen-bond donors (Lipinski definition) is 1. The molecule has 20 heavy (non-hydrogen) atoms. The first-order valence-electron chi connectivity index (χ1n) is 7.37. The molecule has 0 radical (unpaired) electrons. The highest BCUT2D eigenvalue weighted by Gasteiger charge is 2.43. The van der Waals surface area contributed by atoms with E-state index in [1.54, 1.807) is 23.9 Å². The fourth-order valence-electron chi connectivity index (χ4n) is 3.16. The third-order valence-electron chi connectivity index (χ3n) is 4.57. The van der Waals surface area contributed by atoms with E-state index in [0.717, 1.165) is 37.2 Å². The SMILES string of the molecule is OC(CSc1ccc(F)cc1)C1CCOC2(CCC2)C1. The Hall–Kier alpha value is -0.580. The predicted molar refractivity (Wildman–Crippen MR) is 78.4 cm³/mol. The molecule has 2 unspecified atom stereocenters. The highest BCUT2D eigenvalue weighted by Crippen LogP contribution is 2.45. The highest BCUT2D eigenvalue weighted by atomic mass is 32.2. The van der Waals surface area contributed by atoms with Crippen molar-refractivity contribution >= 4 is 11.8 Å². The standard InChI is InChI=1S/C16H21FO2S/c17-13-2-4-14(5-3-13)20-11-15(18)12-6-9-19-16(10-12)7-1-8-16/h2-5,12,15,18H,1,6-11H2. The zero-order valence-electron chi connectivity index (χ0n) is 11.6. The molecule has 1 aliphatic carbocycles. The van der Waals surface area contributed by atoms with Crippen LogP contribution >= 0.6 is 11.8 Å². The van der Waals surface area contributed by atoms with Gasteiger partial charge in [-0.3, -0.25) is 0 Å². The van der Waals surface area contributed by atoms with Gasteiger partial charge in [0.05, 0.1) is 11.7 Å². The summed E-state index contributed by atoms with van der Waals surface area (Å²) in [7, 11) is 0. The second kappa shape index (κ2) is 6.04. The van der Waals surface area contributed by atoms with Crippen molar-refractivity contribution in [3.05, 3.63) is 30.1 Å². The molecule has 3 rings (SSSR count). The lowest BCUT2D eigenvalue weighted by Crippen LogP contribution is -2.48. The fraction of sp³-hybridized carbons (Fsp3) is 0.625. The molecule has 1 saturated carbocycles. The summed E-state index contributed by atoms with van der Waals surface area (Å²) in [5.74, 6) is 0.801. The van der Waals surface area contributed by atoms with Gasteiger partial charge in [-0.2, -0.15) is 0 Å². The van der Waals surface area contributed by atoms with E-state index in [-0.39, 0.29) is 17.5 Å². The largest absolute Gasteiger partial charge is 0.392 e. The van der Waals surface area contributed by atoms with Gasteiger partial charge in [-0.25, -0.2) is 4.39 Å². The Bertz CT molecular complexity index is 444. The monoisotopic (exact) mass is 296 g/mol. The van der Waals surface area contributed by atoms with Gasteiger partial charge in [-0.15, -0.1) is 11.8 Å². The lowest BCUT2D eigenvalue weighted by molar-refractivity contribution is -0.154. The second-order valence-electron chi connectivity index (χ2n) is 5.97. The first kappa shape index (κ1) is 14.4. The van der Waals surface area contributed by atoms with Crippen LogP contribution in [0.4, 0.5) is 4.39 Å². The predicted octanol–water partition coefficient (Wildman–Crippen LogP) is 3.63. The maximum absolute atomic E-state index is 12.8. The summed E-state index contributed by atoms with van der Waals surface area (Å²) >= 11 is 1.60. The average Bonchev–Trinajstić information content (AvgIpc) is 2.45. The number of ether oxygens (including phenoxy) is 1. The van der Waals surface area contributed by atoms with Gasteiger partial charge in [0.1, 0.15) is 5.82 Å². The molecule has 110 valence electrons. The van der Waals surface area contributed by atoms with E-state index < -0.39 is 0 Å². The molecule has 1 N–H and O–H groups in total. The van der Waals surface area contributed by atoms with Crippen LogP contribution in [-0.2, 0) is 4.74 Å². The van der Waals surface area contributed by atoms with Gasteiger partial charge in [0, 0.05) is 17.3 Å². The Morgan fingerprint density at radius 2 is 2.10 bits per heavy atom. The fourth-order valence-corrected chi connectivity index (χ4v) is 4.13. The molecule has 0 aromatic heterocycles. The van der Waals surface area contributed by atoms with Crippen LogP contribution in [0.25, 0.3) is 0 Å². The average molecular weight is 296 g/mol. The van der Waals surface area contributed by atoms with Gasteiger partial charge >= 0.3 is 0 Å². The molecule has 1 heterocycles. The van der Waals surface area contributed by atoms with Gasteiger partial charge in [-0.05, 0) is 62.3 Å². The van der Waals surface area contributed by atoms with E-state index in [9.17, 15) is 9.50 Å². The molecule has 0 amide bonds. The summed E-state index contributed by atoms with van der Waals surface area (Å²) in [6.45, 7) is 0.781. The molecular weight excluding hydrogens is 275 g/mol. The van der Waals surface area contributed by atoms with Crippen molar-refractivity contribution in [3.8, 4) is 0 Å². The number of rotatable bonds is 4. The summed E-state index contributed by atoms with van der Waals surface area (Å²) < 4.78 is 18.7. The van der Waals surface area contributed by atoms with Gasteiger partial charge in [-0.1, -0.05) is 0 Å². The van der Waals surface area contributed by atoms with E-state index >= 15 is 0 Å². The smallest absolute Gasteiger partial charge is 0.123 e. The molecule has 1 aromatic carbocycles. The molecule has 2 aliphatic rings. The Kier molecular flexibility index (Phi) is 4.34. The molecule has 2 nitrogen and oxygen atoms in total. The highest BCUT2D eigenvalue weighted by molar-refractivity contribution is 7.99. The maximum atomic E-state index is 12.8. The van der Waals surface area contributed by atoms with Crippen LogP contribution in [0.5, 0.6) is 0 Å². The molecule has 1 spiro atoms. The van der Waals surface area contributed by atoms with Crippen molar-refractivity contribution in [2.45, 2.75) is 48.7 Å². The maximum Gasteiger partial charge on any atom is 0.123 e. The van der Waals surface area contributed by atoms with Gasteiger partial charge in [0.25, 0.3) is 0 Å². The van der Waals surface area contributed by atoms with Crippen LogP contribution in [0.2, 0.25) is 0 Å². The Balaban J connectivity index is 1.51. The first-order chi connectivity index (χ1) is 9.67. The Morgan fingerprint density at radius 1 is 1.35 bits per heavy atom. The zero-order valence-corrected chi connectivity index (χ0v) is 12.4. The number of aliphatic hydroxyl groups excluding tert-OH is 1. The van der Waals surface area contributed by atoms with Crippen molar-refractivity contribution in [1.29, 1.82) is 0 Å². The van der Waals surface area contributed by atoms with E-state index in [2.05, 4.69) is 0 Å². The lowest BCUT2D eigenvalue weighted by Gasteiger charge is -2.48. The minimum absolute atomic E-state index is 0.0877. The Labute approximate surface area is 123 Å². The molecule has 1 saturated heterocycles.